The van der Waals surface area contributed by atoms with Crippen LogP contribution in [0.3, 0.4) is 0 Å². The number of hydrogen-bond acceptors (Lipinski definition) is 3. The molecule has 0 aromatic carbocycles. The van der Waals surface area contributed by atoms with Crippen molar-refractivity contribution in [1.82, 2.24) is 5.32 Å². The lowest BCUT2D eigenvalue weighted by Crippen LogP contribution is -2.41. The van der Waals surface area contributed by atoms with Crippen LogP contribution in [0.4, 0.5) is 0 Å². The average molecular weight is 280 g/mol. The highest BCUT2D eigenvalue weighted by molar-refractivity contribution is 7.10. The standard InChI is InChI=1S/C15H24N2OS/c16-10-4-7-14(18)17-12-15(8-2-1-3-9-15)13-6-5-11-19-13/h5-6,11H,1-4,7-10,12,16H2,(H,17,18). The van der Waals surface area contributed by atoms with E-state index in [0.717, 1.165) is 13.0 Å². The largest absolute Gasteiger partial charge is 0.355 e. The minimum Gasteiger partial charge on any atom is -0.355 e. The van der Waals surface area contributed by atoms with Crippen LogP contribution in [0.5, 0.6) is 0 Å². The normalized spacial score (nSPS) is 18.2. The molecule has 3 nitrogen and oxygen atoms in total. The minimum absolute atomic E-state index is 0.145. The molecule has 3 N–H and O–H groups in total. The molecule has 106 valence electrons. The smallest absolute Gasteiger partial charge is 0.220 e. The second-order valence-electron chi connectivity index (χ2n) is 5.49. The Bertz CT molecular complexity index is 383. The summed E-state index contributed by atoms with van der Waals surface area (Å²) in [5.41, 5.74) is 5.63. The van der Waals surface area contributed by atoms with Gasteiger partial charge in [0.05, 0.1) is 0 Å². The first kappa shape index (κ1) is 14.5. The second kappa shape index (κ2) is 7.06. The first-order valence-electron chi connectivity index (χ1n) is 7.28. The molecule has 4 heteroatoms. The predicted octanol–water partition coefficient (Wildman–Crippen LogP) is 2.81. The van der Waals surface area contributed by atoms with Crippen LogP contribution in [0.1, 0.15) is 49.8 Å². The Balaban J connectivity index is 1.97. The van der Waals surface area contributed by atoms with Crippen molar-refractivity contribution in [2.45, 2.75) is 50.4 Å². The average Bonchev–Trinajstić information content (AvgIpc) is 2.98. The van der Waals surface area contributed by atoms with Crippen molar-refractivity contribution in [3.63, 3.8) is 0 Å². The van der Waals surface area contributed by atoms with Gasteiger partial charge >= 0.3 is 0 Å². The van der Waals surface area contributed by atoms with Gasteiger partial charge in [-0.2, -0.15) is 0 Å². The third kappa shape index (κ3) is 3.80. The first-order chi connectivity index (χ1) is 9.27. The van der Waals surface area contributed by atoms with Crippen molar-refractivity contribution in [2.75, 3.05) is 13.1 Å². The van der Waals surface area contributed by atoms with Crippen molar-refractivity contribution in [2.24, 2.45) is 5.73 Å². The summed E-state index contributed by atoms with van der Waals surface area (Å²) in [7, 11) is 0. The molecule has 0 aliphatic heterocycles. The molecule has 1 aromatic rings. The molecule has 1 fully saturated rings. The van der Waals surface area contributed by atoms with E-state index in [0.29, 0.717) is 13.0 Å². The van der Waals surface area contributed by atoms with E-state index in [1.165, 1.54) is 37.0 Å². The fourth-order valence-electron chi connectivity index (χ4n) is 2.94. The van der Waals surface area contributed by atoms with Gasteiger partial charge in [0, 0.05) is 23.3 Å². The molecule has 19 heavy (non-hydrogen) atoms. The van der Waals surface area contributed by atoms with Crippen LogP contribution in [0.15, 0.2) is 17.5 Å². The summed E-state index contributed by atoms with van der Waals surface area (Å²) < 4.78 is 0. The number of nitrogens with one attached hydrogen (secondary N) is 1. The van der Waals surface area contributed by atoms with Gasteiger partial charge in [-0.3, -0.25) is 4.79 Å². The fourth-order valence-corrected chi connectivity index (χ4v) is 3.93. The summed E-state index contributed by atoms with van der Waals surface area (Å²) >= 11 is 1.83. The van der Waals surface area contributed by atoms with Crippen molar-refractivity contribution >= 4 is 17.2 Å². The van der Waals surface area contributed by atoms with E-state index in [1.807, 2.05) is 11.3 Å². The van der Waals surface area contributed by atoms with Crippen LogP contribution in [0, 0.1) is 0 Å². The molecular weight excluding hydrogens is 256 g/mol. The molecule has 1 aliphatic rings. The lowest BCUT2D eigenvalue weighted by Gasteiger charge is -2.36. The first-order valence-corrected chi connectivity index (χ1v) is 8.15. The van der Waals surface area contributed by atoms with Crippen LogP contribution >= 0.6 is 11.3 Å². The zero-order chi connectivity index (χ0) is 13.6. The maximum absolute atomic E-state index is 11.8. The van der Waals surface area contributed by atoms with Gasteiger partial charge in [0.25, 0.3) is 0 Å². The van der Waals surface area contributed by atoms with Crippen LogP contribution < -0.4 is 11.1 Å². The van der Waals surface area contributed by atoms with Crippen molar-refractivity contribution < 1.29 is 4.79 Å². The summed E-state index contributed by atoms with van der Waals surface area (Å²) in [6, 6.07) is 4.34. The molecule has 0 spiro atoms. The van der Waals surface area contributed by atoms with E-state index in [1.54, 1.807) is 0 Å². The quantitative estimate of drug-likeness (QED) is 0.842. The van der Waals surface area contributed by atoms with E-state index in [4.69, 9.17) is 5.73 Å². The summed E-state index contributed by atoms with van der Waals surface area (Å²) in [6.45, 7) is 1.38. The lowest BCUT2D eigenvalue weighted by atomic mass is 9.73. The van der Waals surface area contributed by atoms with Gasteiger partial charge in [0.1, 0.15) is 0 Å². The molecular formula is C15H24N2OS. The SMILES string of the molecule is NCCCC(=O)NCC1(c2cccs2)CCCCC1. The van der Waals surface area contributed by atoms with E-state index in [2.05, 4.69) is 22.8 Å². The highest BCUT2D eigenvalue weighted by Gasteiger charge is 2.34. The van der Waals surface area contributed by atoms with Gasteiger partial charge in [-0.05, 0) is 37.3 Å². The Morgan fingerprint density at radius 3 is 2.79 bits per heavy atom. The van der Waals surface area contributed by atoms with Gasteiger partial charge in [0.2, 0.25) is 5.91 Å². The molecule has 1 aliphatic carbocycles. The van der Waals surface area contributed by atoms with Gasteiger partial charge in [-0.1, -0.05) is 25.3 Å². The van der Waals surface area contributed by atoms with Crippen LogP contribution in [0.2, 0.25) is 0 Å². The maximum atomic E-state index is 11.8. The summed E-state index contributed by atoms with van der Waals surface area (Å²) in [6.07, 6.45) is 7.60. The predicted molar refractivity (Wildman–Crippen MR) is 80.4 cm³/mol. The summed E-state index contributed by atoms with van der Waals surface area (Å²) in [5, 5.41) is 5.27. The molecule has 1 amide bonds. The second-order valence-corrected chi connectivity index (χ2v) is 6.43. The summed E-state index contributed by atoms with van der Waals surface area (Å²) in [4.78, 5) is 13.2. The molecule has 1 heterocycles. The van der Waals surface area contributed by atoms with E-state index in [9.17, 15) is 4.79 Å². The number of rotatable bonds is 6. The Morgan fingerprint density at radius 1 is 1.37 bits per heavy atom. The molecule has 0 bridgehead atoms. The molecule has 0 atom stereocenters. The molecule has 2 rings (SSSR count). The zero-order valence-electron chi connectivity index (χ0n) is 11.5. The molecule has 0 saturated heterocycles. The maximum Gasteiger partial charge on any atom is 0.220 e. The zero-order valence-corrected chi connectivity index (χ0v) is 12.3. The molecule has 0 unspecified atom stereocenters. The minimum atomic E-state index is 0.145. The Hall–Kier alpha value is -0.870. The van der Waals surface area contributed by atoms with Crippen molar-refractivity contribution in [1.29, 1.82) is 0 Å². The van der Waals surface area contributed by atoms with E-state index >= 15 is 0 Å². The van der Waals surface area contributed by atoms with Crippen LogP contribution in [-0.4, -0.2) is 19.0 Å². The fraction of sp³-hybridized carbons (Fsp3) is 0.667. The highest BCUT2D eigenvalue weighted by Crippen LogP contribution is 2.41. The van der Waals surface area contributed by atoms with Gasteiger partial charge < -0.3 is 11.1 Å². The van der Waals surface area contributed by atoms with Gasteiger partial charge in [-0.25, -0.2) is 0 Å². The summed E-state index contributed by atoms with van der Waals surface area (Å²) in [5.74, 6) is 0.145. The van der Waals surface area contributed by atoms with Crippen LogP contribution in [-0.2, 0) is 10.2 Å². The Kier molecular flexibility index (Phi) is 5.40. The topological polar surface area (TPSA) is 55.1 Å². The Labute approximate surface area is 119 Å². The third-order valence-electron chi connectivity index (χ3n) is 4.09. The Morgan fingerprint density at radius 2 is 2.16 bits per heavy atom. The van der Waals surface area contributed by atoms with Crippen LogP contribution in [0.25, 0.3) is 0 Å². The van der Waals surface area contributed by atoms with E-state index < -0.39 is 0 Å². The molecule has 0 radical (unpaired) electrons. The van der Waals surface area contributed by atoms with Gasteiger partial charge in [-0.15, -0.1) is 11.3 Å². The van der Waals surface area contributed by atoms with Crippen molar-refractivity contribution in [3.8, 4) is 0 Å². The lowest BCUT2D eigenvalue weighted by molar-refractivity contribution is -0.121. The number of thiophene rings is 1. The number of nitrogens with two attached hydrogens (primary N) is 1. The number of carbonyl (C=O) groups is 1. The highest BCUT2D eigenvalue weighted by atomic mass is 32.1. The number of hydrogen-bond donors (Lipinski definition) is 2. The monoisotopic (exact) mass is 280 g/mol. The number of carbonyl (C=O) groups excluding carboxylic acids is 1. The third-order valence-corrected chi connectivity index (χ3v) is 5.20. The molecule has 1 aromatic heterocycles. The van der Waals surface area contributed by atoms with E-state index in [-0.39, 0.29) is 11.3 Å². The molecule has 1 saturated carbocycles. The van der Waals surface area contributed by atoms with Crippen molar-refractivity contribution in [3.05, 3.63) is 22.4 Å². The van der Waals surface area contributed by atoms with Gasteiger partial charge in [0.15, 0.2) is 0 Å². The number of amides is 1.